The molecule has 0 aromatic heterocycles. The number of hydrogen-bond donors (Lipinski definition) is 3. The number of anilines is 2. The number of rotatable bonds is 5. The molecule has 0 saturated heterocycles. The molecule has 0 heterocycles. The van der Waals surface area contributed by atoms with Crippen molar-refractivity contribution in [3.8, 4) is 5.75 Å². The van der Waals surface area contributed by atoms with Crippen LogP contribution in [-0.2, 0) is 0 Å². The lowest BCUT2D eigenvalue weighted by atomic mass is 9.97. The minimum atomic E-state index is -1.19. The Bertz CT molecular complexity index is 995. The number of phenols is 1. The largest absolute Gasteiger partial charge is 0.507 e. The van der Waals surface area contributed by atoms with E-state index >= 15 is 0 Å². The van der Waals surface area contributed by atoms with Gasteiger partial charge in [0, 0.05) is 23.0 Å². The summed E-state index contributed by atoms with van der Waals surface area (Å²) in [6.07, 6.45) is 0. The first kappa shape index (κ1) is 17.2. The first-order valence-corrected chi connectivity index (χ1v) is 8.00. The van der Waals surface area contributed by atoms with Gasteiger partial charge in [0.25, 0.3) is 0 Å². The van der Waals surface area contributed by atoms with Crippen LogP contribution in [-0.4, -0.2) is 22.0 Å². The van der Waals surface area contributed by atoms with Crippen LogP contribution in [0.2, 0.25) is 0 Å². The van der Waals surface area contributed by atoms with Crippen LogP contribution in [0.3, 0.4) is 0 Å². The van der Waals surface area contributed by atoms with Gasteiger partial charge in [-0.15, -0.1) is 0 Å². The molecule has 0 fully saturated rings. The fraction of sp³-hybridized carbons (Fsp3) is 0.0476. The van der Waals surface area contributed by atoms with Crippen LogP contribution >= 0.6 is 0 Å². The Labute approximate surface area is 150 Å². The molecule has 0 aliphatic carbocycles. The minimum absolute atomic E-state index is 0.0370. The summed E-state index contributed by atoms with van der Waals surface area (Å²) < 4.78 is 0. The molecule has 0 bridgehead atoms. The Kier molecular flexibility index (Phi) is 4.71. The van der Waals surface area contributed by atoms with Crippen LogP contribution in [0.1, 0.15) is 31.8 Å². The van der Waals surface area contributed by atoms with Crippen molar-refractivity contribution in [3.63, 3.8) is 0 Å². The monoisotopic (exact) mass is 347 g/mol. The van der Waals surface area contributed by atoms with Gasteiger partial charge in [-0.1, -0.05) is 36.4 Å². The first-order chi connectivity index (χ1) is 12.5. The number of aromatic carboxylic acids is 1. The zero-order valence-corrected chi connectivity index (χ0v) is 14.1. The number of benzene rings is 3. The molecule has 0 radical (unpaired) electrons. The second-order valence-corrected chi connectivity index (χ2v) is 5.85. The molecular weight excluding hydrogens is 330 g/mol. The van der Waals surface area contributed by atoms with Crippen LogP contribution in [0.25, 0.3) is 0 Å². The molecule has 0 spiro atoms. The number of hydrogen-bond acceptors (Lipinski definition) is 4. The topological polar surface area (TPSA) is 86.6 Å². The second kappa shape index (κ2) is 7.11. The molecule has 0 amide bonds. The van der Waals surface area contributed by atoms with E-state index < -0.39 is 11.8 Å². The maximum Gasteiger partial charge on any atom is 0.336 e. The average Bonchev–Trinajstić information content (AvgIpc) is 2.63. The number of phenolic OH excluding ortho intramolecular Hbond substituents is 1. The third kappa shape index (κ3) is 3.42. The van der Waals surface area contributed by atoms with Crippen molar-refractivity contribution in [1.29, 1.82) is 0 Å². The van der Waals surface area contributed by atoms with Gasteiger partial charge in [0.1, 0.15) is 5.75 Å². The lowest BCUT2D eigenvalue weighted by Crippen LogP contribution is -2.09. The van der Waals surface area contributed by atoms with Crippen molar-refractivity contribution in [2.75, 3.05) is 5.32 Å². The van der Waals surface area contributed by atoms with E-state index in [0.29, 0.717) is 5.69 Å². The lowest BCUT2D eigenvalue weighted by molar-refractivity contribution is 0.0692. The maximum atomic E-state index is 12.7. The first-order valence-electron chi connectivity index (χ1n) is 8.00. The summed E-state index contributed by atoms with van der Waals surface area (Å²) in [4.78, 5) is 24.0. The van der Waals surface area contributed by atoms with Gasteiger partial charge in [-0.3, -0.25) is 4.79 Å². The molecule has 0 unspecified atom stereocenters. The van der Waals surface area contributed by atoms with E-state index in [0.717, 1.165) is 11.3 Å². The summed E-state index contributed by atoms with van der Waals surface area (Å²) in [6.45, 7) is 1.96. The molecule has 0 saturated carbocycles. The normalized spacial score (nSPS) is 10.3. The molecule has 3 rings (SSSR count). The Morgan fingerprint density at radius 2 is 1.50 bits per heavy atom. The standard InChI is InChI=1S/C21H17NO4/c1-13-6-2-5-9-18(13)22-14-10-11-17(19(23)12-14)20(24)15-7-3-4-8-16(15)21(25)26/h2-12,22-23H,1H3,(H,25,26). The van der Waals surface area contributed by atoms with Crippen LogP contribution in [0.15, 0.2) is 66.7 Å². The molecule has 0 atom stereocenters. The number of carboxylic acid groups (broad SMARTS) is 1. The minimum Gasteiger partial charge on any atom is -0.507 e. The highest BCUT2D eigenvalue weighted by molar-refractivity contribution is 6.15. The van der Waals surface area contributed by atoms with E-state index in [1.54, 1.807) is 18.2 Å². The van der Waals surface area contributed by atoms with Gasteiger partial charge < -0.3 is 15.5 Å². The van der Waals surface area contributed by atoms with Crippen molar-refractivity contribution in [2.24, 2.45) is 0 Å². The molecule has 26 heavy (non-hydrogen) atoms. The summed E-state index contributed by atoms with van der Waals surface area (Å²) >= 11 is 0. The van der Waals surface area contributed by atoms with E-state index in [9.17, 15) is 19.8 Å². The van der Waals surface area contributed by atoms with Gasteiger partial charge in [0.2, 0.25) is 0 Å². The quantitative estimate of drug-likeness (QED) is 0.597. The van der Waals surface area contributed by atoms with Gasteiger partial charge in [0.05, 0.1) is 11.1 Å². The highest BCUT2D eigenvalue weighted by atomic mass is 16.4. The molecule has 3 N–H and O–H groups in total. The van der Waals surface area contributed by atoms with E-state index in [2.05, 4.69) is 5.32 Å². The number of para-hydroxylation sites is 1. The molecule has 0 aliphatic rings. The molecule has 3 aromatic carbocycles. The third-order valence-corrected chi connectivity index (χ3v) is 4.07. The number of carbonyl (C=O) groups excluding carboxylic acids is 1. The summed E-state index contributed by atoms with van der Waals surface area (Å²) in [5.74, 6) is -1.94. The van der Waals surface area contributed by atoms with Gasteiger partial charge in [-0.2, -0.15) is 0 Å². The van der Waals surface area contributed by atoms with Gasteiger partial charge >= 0.3 is 5.97 Å². The van der Waals surface area contributed by atoms with Crippen molar-refractivity contribution >= 4 is 23.1 Å². The fourth-order valence-electron chi connectivity index (χ4n) is 2.68. The van der Waals surface area contributed by atoms with Crippen LogP contribution in [0.4, 0.5) is 11.4 Å². The summed E-state index contributed by atoms with van der Waals surface area (Å²) in [7, 11) is 0. The van der Waals surface area contributed by atoms with E-state index in [1.165, 1.54) is 24.3 Å². The number of carboxylic acids is 1. The highest BCUT2D eigenvalue weighted by Gasteiger charge is 2.20. The Hall–Kier alpha value is -3.60. The van der Waals surface area contributed by atoms with E-state index in [-0.39, 0.29) is 22.4 Å². The fourth-order valence-corrected chi connectivity index (χ4v) is 2.68. The number of aromatic hydroxyl groups is 1. The van der Waals surface area contributed by atoms with Gasteiger partial charge in [0.15, 0.2) is 5.78 Å². The lowest BCUT2D eigenvalue weighted by Gasteiger charge is -2.12. The maximum absolute atomic E-state index is 12.7. The molecular formula is C21H17NO4. The van der Waals surface area contributed by atoms with Crippen LogP contribution in [0.5, 0.6) is 5.75 Å². The zero-order valence-electron chi connectivity index (χ0n) is 14.1. The molecule has 5 heteroatoms. The smallest absolute Gasteiger partial charge is 0.336 e. The zero-order chi connectivity index (χ0) is 18.7. The van der Waals surface area contributed by atoms with Gasteiger partial charge in [-0.25, -0.2) is 4.79 Å². The number of aryl methyl sites for hydroxylation is 1. The molecule has 3 aromatic rings. The summed E-state index contributed by atoms with van der Waals surface area (Å²) in [5.41, 5.74) is 2.55. The number of nitrogens with one attached hydrogen (secondary N) is 1. The average molecular weight is 347 g/mol. The Morgan fingerprint density at radius 3 is 2.15 bits per heavy atom. The molecule has 5 nitrogen and oxygen atoms in total. The summed E-state index contributed by atoms with van der Waals surface area (Å²) in [5, 5.41) is 22.7. The van der Waals surface area contributed by atoms with E-state index in [1.807, 2.05) is 31.2 Å². The SMILES string of the molecule is Cc1ccccc1Nc1ccc(C(=O)c2ccccc2C(=O)O)c(O)c1. The van der Waals surface area contributed by atoms with Crippen molar-refractivity contribution < 1.29 is 19.8 Å². The van der Waals surface area contributed by atoms with Crippen LogP contribution < -0.4 is 5.32 Å². The second-order valence-electron chi connectivity index (χ2n) is 5.85. The van der Waals surface area contributed by atoms with Crippen molar-refractivity contribution in [2.45, 2.75) is 6.92 Å². The third-order valence-electron chi connectivity index (χ3n) is 4.07. The van der Waals surface area contributed by atoms with Gasteiger partial charge in [-0.05, 0) is 36.8 Å². The predicted octanol–water partition coefficient (Wildman–Crippen LogP) is 4.37. The van der Waals surface area contributed by atoms with Crippen molar-refractivity contribution in [3.05, 3.63) is 89.0 Å². The van der Waals surface area contributed by atoms with Crippen molar-refractivity contribution in [1.82, 2.24) is 0 Å². The van der Waals surface area contributed by atoms with E-state index in [4.69, 9.17) is 0 Å². The molecule has 130 valence electrons. The Balaban J connectivity index is 1.92. The van der Waals surface area contributed by atoms with Crippen LogP contribution in [0, 0.1) is 6.92 Å². The molecule has 0 aliphatic heterocycles. The highest BCUT2D eigenvalue weighted by Crippen LogP contribution is 2.28. The predicted molar refractivity (Wildman–Crippen MR) is 99.4 cm³/mol. The Morgan fingerprint density at radius 1 is 0.846 bits per heavy atom. The number of carbonyl (C=O) groups is 2. The number of ketones is 1. The summed E-state index contributed by atoms with van der Waals surface area (Å²) in [6, 6.07) is 18.2.